The van der Waals surface area contributed by atoms with E-state index in [0.717, 1.165) is 16.9 Å². The molecule has 0 spiro atoms. The van der Waals surface area contributed by atoms with Gasteiger partial charge in [-0.3, -0.25) is 4.79 Å². The van der Waals surface area contributed by atoms with Gasteiger partial charge < -0.3 is 19.5 Å². The maximum absolute atomic E-state index is 12.2. The Balaban J connectivity index is 2.07. The number of rotatable bonds is 7. The van der Waals surface area contributed by atoms with Crippen molar-refractivity contribution in [2.75, 3.05) is 21.3 Å². The molecule has 0 aliphatic carbocycles. The first-order chi connectivity index (χ1) is 12.1. The number of benzene rings is 2. The van der Waals surface area contributed by atoms with E-state index in [9.17, 15) is 4.79 Å². The molecule has 5 heteroatoms. The Morgan fingerprint density at radius 2 is 1.56 bits per heavy atom. The first-order valence-electron chi connectivity index (χ1n) is 7.92. The second-order valence-electron chi connectivity index (χ2n) is 5.41. The summed E-state index contributed by atoms with van der Waals surface area (Å²) < 4.78 is 15.8. The summed E-state index contributed by atoms with van der Waals surface area (Å²) in [7, 11) is 4.78. The molecule has 25 heavy (non-hydrogen) atoms. The van der Waals surface area contributed by atoms with Crippen molar-refractivity contribution in [1.82, 2.24) is 5.32 Å². The zero-order valence-corrected chi connectivity index (χ0v) is 14.9. The molecule has 1 unspecified atom stereocenters. The van der Waals surface area contributed by atoms with Crippen LogP contribution >= 0.6 is 0 Å². The van der Waals surface area contributed by atoms with Crippen molar-refractivity contribution in [2.24, 2.45) is 0 Å². The van der Waals surface area contributed by atoms with E-state index < -0.39 is 0 Å². The fourth-order valence-electron chi connectivity index (χ4n) is 2.44. The van der Waals surface area contributed by atoms with Crippen molar-refractivity contribution in [3.63, 3.8) is 0 Å². The molecule has 5 nitrogen and oxygen atoms in total. The normalized spacial score (nSPS) is 11.8. The lowest BCUT2D eigenvalue weighted by atomic mass is 10.1. The first-order valence-corrected chi connectivity index (χ1v) is 7.92. The van der Waals surface area contributed by atoms with Gasteiger partial charge in [0.1, 0.15) is 17.2 Å². The maximum atomic E-state index is 12.2. The molecule has 0 saturated carbocycles. The molecule has 0 radical (unpaired) electrons. The van der Waals surface area contributed by atoms with Gasteiger partial charge in [0, 0.05) is 6.08 Å². The predicted molar refractivity (Wildman–Crippen MR) is 98.1 cm³/mol. The summed E-state index contributed by atoms with van der Waals surface area (Å²) in [5, 5.41) is 2.93. The monoisotopic (exact) mass is 341 g/mol. The van der Waals surface area contributed by atoms with Gasteiger partial charge >= 0.3 is 0 Å². The molecule has 2 aromatic rings. The van der Waals surface area contributed by atoms with E-state index in [1.807, 2.05) is 49.4 Å². The fraction of sp³-hybridized carbons (Fsp3) is 0.250. The number of nitrogens with one attached hydrogen (secondary N) is 1. The molecule has 0 aromatic heterocycles. The Morgan fingerprint density at radius 3 is 2.08 bits per heavy atom. The fourth-order valence-corrected chi connectivity index (χ4v) is 2.44. The van der Waals surface area contributed by atoms with E-state index in [1.54, 1.807) is 27.4 Å². The highest BCUT2D eigenvalue weighted by Crippen LogP contribution is 2.29. The number of amides is 1. The topological polar surface area (TPSA) is 56.8 Å². The molecule has 0 heterocycles. The molecule has 1 amide bonds. The molecule has 2 aromatic carbocycles. The Hall–Kier alpha value is -2.95. The molecular weight excluding hydrogens is 318 g/mol. The quantitative estimate of drug-likeness (QED) is 0.782. The van der Waals surface area contributed by atoms with Crippen molar-refractivity contribution < 1.29 is 19.0 Å². The van der Waals surface area contributed by atoms with Crippen LogP contribution in [0.25, 0.3) is 6.08 Å². The van der Waals surface area contributed by atoms with Crippen molar-refractivity contribution in [1.29, 1.82) is 0 Å². The van der Waals surface area contributed by atoms with Gasteiger partial charge in [0.05, 0.1) is 32.9 Å². The first kappa shape index (κ1) is 18.4. The van der Waals surface area contributed by atoms with Crippen LogP contribution in [0.1, 0.15) is 24.1 Å². The number of carbonyl (C=O) groups is 1. The van der Waals surface area contributed by atoms with Gasteiger partial charge in [0.25, 0.3) is 0 Å². The van der Waals surface area contributed by atoms with Crippen molar-refractivity contribution in [3.8, 4) is 17.2 Å². The van der Waals surface area contributed by atoms with Gasteiger partial charge in [-0.15, -0.1) is 0 Å². The second kappa shape index (κ2) is 8.78. The minimum Gasteiger partial charge on any atom is -0.497 e. The number of ether oxygens (including phenoxy) is 3. The third kappa shape index (κ3) is 4.76. The van der Waals surface area contributed by atoms with Gasteiger partial charge in [-0.2, -0.15) is 0 Å². The van der Waals surface area contributed by atoms with Gasteiger partial charge in [0.2, 0.25) is 5.91 Å². The Labute approximate surface area is 148 Å². The maximum Gasteiger partial charge on any atom is 0.244 e. The lowest BCUT2D eigenvalue weighted by molar-refractivity contribution is -0.117. The van der Waals surface area contributed by atoms with Crippen molar-refractivity contribution in [3.05, 3.63) is 59.7 Å². The van der Waals surface area contributed by atoms with Crippen molar-refractivity contribution >= 4 is 12.0 Å². The summed E-state index contributed by atoms with van der Waals surface area (Å²) in [5.74, 6) is 1.87. The molecule has 2 rings (SSSR count). The van der Waals surface area contributed by atoms with Crippen LogP contribution in [0.15, 0.2) is 48.5 Å². The predicted octanol–water partition coefficient (Wildman–Crippen LogP) is 3.60. The highest BCUT2D eigenvalue weighted by atomic mass is 16.5. The largest absolute Gasteiger partial charge is 0.497 e. The van der Waals surface area contributed by atoms with E-state index in [4.69, 9.17) is 14.2 Å². The van der Waals surface area contributed by atoms with E-state index in [2.05, 4.69) is 5.32 Å². The van der Waals surface area contributed by atoms with Crippen LogP contribution in [0.4, 0.5) is 0 Å². The summed E-state index contributed by atoms with van der Waals surface area (Å²) in [6.45, 7) is 1.93. The van der Waals surface area contributed by atoms with E-state index in [0.29, 0.717) is 11.5 Å². The zero-order chi connectivity index (χ0) is 18.2. The highest BCUT2D eigenvalue weighted by molar-refractivity contribution is 5.92. The smallest absolute Gasteiger partial charge is 0.244 e. The standard InChI is InChI=1S/C20H23NO4/c1-14(15-8-10-16(23-2)11-9-15)21-20(22)13-12-17-18(24-3)6-5-7-19(17)25-4/h5-14H,1-4H3,(H,21,22)/b13-12+. The van der Waals surface area contributed by atoms with Crippen LogP contribution in [0.2, 0.25) is 0 Å². The van der Waals surface area contributed by atoms with Crippen LogP contribution in [0, 0.1) is 0 Å². The Bertz CT molecular complexity index is 716. The van der Waals surface area contributed by atoms with Gasteiger partial charge in [-0.25, -0.2) is 0 Å². The summed E-state index contributed by atoms with van der Waals surface area (Å²) in [6, 6.07) is 12.9. The molecule has 132 valence electrons. The molecular formula is C20H23NO4. The number of hydrogen-bond acceptors (Lipinski definition) is 4. The molecule has 0 aliphatic rings. The van der Waals surface area contributed by atoms with Crippen LogP contribution in [-0.4, -0.2) is 27.2 Å². The zero-order valence-electron chi connectivity index (χ0n) is 14.9. The summed E-state index contributed by atoms with van der Waals surface area (Å²) in [5.41, 5.74) is 1.72. The highest BCUT2D eigenvalue weighted by Gasteiger charge is 2.10. The third-order valence-corrected chi connectivity index (χ3v) is 3.84. The van der Waals surface area contributed by atoms with Crippen LogP contribution < -0.4 is 19.5 Å². The SMILES string of the molecule is COc1ccc(C(C)NC(=O)/C=C/c2c(OC)cccc2OC)cc1. The molecule has 1 atom stereocenters. The summed E-state index contributed by atoms with van der Waals surface area (Å²) >= 11 is 0. The molecule has 1 N–H and O–H groups in total. The van der Waals surface area contributed by atoms with E-state index in [-0.39, 0.29) is 11.9 Å². The van der Waals surface area contributed by atoms with Gasteiger partial charge in [0.15, 0.2) is 0 Å². The number of hydrogen-bond donors (Lipinski definition) is 1. The van der Waals surface area contributed by atoms with Crippen LogP contribution in [-0.2, 0) is 4.79 Å². The van der Waals surface area contributed by atoms with Crippen LogP contribution in [0.5, 0.6) is 17.2 Å². The molecule has 0 fully saturated rings. The third-order valence-electron chi connectivity index (χ3n) is 3.84. The average molecular weight is 341 g/mol. The molecule has 0 saturated heterocycles. The lowest BCUT2D eigenvalue weighted by Gasteiger charge is -2.14. The van der Waals surface area contributed by atoms with Gasteiger partial charge in [-0.05, 0) is 42.8 Å². The summed E-state index contributed by atoms with van der Waals surface area (Å²) in [4.78, 5) is 12.2. The Morgan fingerprint density at radius 1 is 0.960 bits per heavy atom. The number of carbonyl (C=O) groups excluding carboxylic acids is 1. The second-order valence-corrected chi connectivity index (χ2v) is 5.41. The van der Waals surface area contributed by atoms with E-state index in [1.165, 1.54) is 6.08 Å². The lowest BCUT2D eigenvalue weighted by Crippen LogP contribution is -2.24. The van der Waals surface area contributed by atoms with Crippen molar-refractivity contribution in [2.45, 2.75) is 13.0 Å². The minimum absolute atomic E-state index is 0.123. The molecule has 0 bridgehead atoms. The number of methoxy groups -OCH3 is 3. The van der Waals surface area contributed by atoms with Crippen LogP contribution in [0.3, 0.4) is 0 Å². The van der Waals surface area contributed by atoms with Gasteiger partial charge in [-0.1, -0.05) is 18.2 Å². The minimum atomic E-state index is -0.198. The molecule has 0 aliphatic heterocycles. The average Bonchev–Trinajstić information content (AvgIpc) is 2.65. The summed E-state index contributed by atoms with van der Waals surface area (Å²) in [6.07, 6.45) is 3.16. The Kier molecular flexibility index (Phi) is 6.46. The van der Waals surface area contributed by atoms with E-state index >= 15 is 0 Å².